The predicted octanol–water partition coefficient (Wildman–Crippen LogP) is 3.55. The second kappa shape index (κ2) is 9.56. The molecule has 0 atom stereocenters. The van der Waals surface area contributed by atoms with E-state index < -0.39 is 0 Å². The van der Waals surface area contributed by atoms with E-state index in [1.165, 1.54) is 22.9 Å². The van der Waals surface area contributed by atoms with Crippen LogP contribution in [0.15, 0.2) is 52.2 Å². The van der Waals surface area contributed by atoms with E-state index in [2.05, 4.69) is 60.9 Å². The zero-order valence-electron chi connectivity index (χ0n) is 14.4. The topological polar surface area (TPSA) is 54.2 Å². The molecule has 0 radical (unpaired) electrons. The van der Waals surface area contributed by atoms with Gasteiger partial charge >= 0.3 is 0 Å². The third-order valence-electron chi connectivity index (χ3n) is 4.53. The molecule has 1 saturated carbocycles. The zero-order valence-corrected chi connectivity index (χ0v) is 18.3. The van der Waals surface area contributed by atoms with Crippen LogP contribution in [0.2, 0.25) is 0 Å². The molecular formula is C18H25BrIN5. The number of rotatable bonds is 7. The van der Waals surface area contributed by atoms with Crippen LogP contribution in [0.3, 0.4) is 0 Å². The molecule has 0 aliphatic heterocycles. The van der Waals surface area contributed by atoms with Crippen LogP contribution in [-0.4, -0.2) is 35.9 Å². The summed E-state index contributed by atoms with van der Waals surface area (Å²) in [5.74, 6) is 0.869. The lowest BCUT2D eigenvalue weighted by Crippen LogP contribution is -2.41. The maximum atomic E-state index is 4.33. The number of aryl methyl sites for hydroxylation is 1. The van der Waals surface area contributed by atoms with Crippen molar-refractivity contribution in [3.05, 3.63) is 52.8 Å². The molecule has 2 N–H and O–H groups in total. The lowest BCUT2D eigenvalue weighted by Gasteiger charge is -2.20. The van der Waals surface area contributed by atoms with Crippen molar-refractivity contribution in [1.82, 2.24) is 20.4 Å². The van der Waals surface area contributed by atoms with Gasteiger partial charge in [-0.05, 0) is 37.0 Å². The molecule has 0 unspecified atom stereocenters. The average Bonchev–Trinajstić information content (AvgIpc) is 3.20. The third-order valence-corrected chi connectivity index (χ3v) is 5.22. The molecule has 1 fully saturated rings. The van der Waals surface area contributed by atoms with Gasteiger partial charge in [0.05, 0.1) is 0 Å². The first-order valence-electron chi connectivity index (χ1n) is 8.40. The Hall–Kier alpha value is -1.09. The Balaban J connectivity index is 0.00000225. The summed E-state index contributed by atoms with van der Waals surface area (Å²) < 4.78 is 3.15. The van der Waals surface area contributed by atoms with Gasteiger partial charge in [-0.15, -0.1) is 24.0 Å². The van der Waals surface area contributed by atoms with E-state index in [4.69, 9.17) is 0 Å². The number of benzene rings is 1. The summed E-state index contributed by atoms with van der Waals surface area (Å²) in [7, 11) is 1.82. The van der Waals surface area contributed by atoms with Crippen LogP contribution in [0.1, 0.15) is 24.8 Å². The minimum absolute atomic E-state index is 0. The van der Waals surface area contributed by atoms with E-state index in [-0.39, 0.29) is 29.4 Å². The number of aromatic nitrogens is 2. The maximum absolute atomic E-state index is 4.33. The fraction of sp³-hybridized carbons (Fsp3) is 0.444. The highest BCUT2D eigenvalue weighted by molar-refractivity contribution is 14.0. The summed E-state index contributed by atoms with van der Waals surface area (Å²) in [6.45, 7) is 2.70. The minimum atomic E-state index is 0. The van der Waals surface area contributed by atoms with Crippen LogP contribution >= 0.6 is 39.9 Å². The van der Waals surface area contributed by atoms with Crippen LogP contribution in [0.5, 0.6) is 0 Å². The molecule has 2 aromatic rings. The summed E-state index contributed by atoms with van der Waals surface area (Å²) in [6, 6.07) is 10.5. The van der Waals surface area contributed by atoms with Gasteiger partial charge < -0.3 is 10.6 Å². The Morgan fingerprint density at radius 3 is 2.72 bits per heavy atom. The summed E-state index contributed by atoms with van der Waals surface area (Å²) in [5, 5.41) is 11.1. The Bertz CT molecular complexity index is 683. The molecule has 5 nitrogen and oxygen atoms in total. The smallest absolute Gasteiger partial charge is 0.191 e. The van der Waals surface area contributed by atoms with Gasteiger partial charge in [-0.3, -0.25) is 9.67 Å². The standard InChI is InChI=1S/C18H24BrN5.HI/c1-20-17(21-10-4-12-24-13-5-11-23-24)22-14-18(8-9-18)15-6-2-3-7-16(15)19;/h2-3,5-7,11,13H,4,8-10,12,14H2,1H3,(H2,20,21,22);1H. The second-order valence-corrected chi connectivity index (χ2v) is 7.09. The number of nitrogens with zero attached hydrogens (tertiary/aromatic N) is 3. The van der Waals surface area contributed by atoms with Crippen molar-refractivity contribution in [2.45, 2.75) is 31.2 Å². The predicted molar refractivity (Wildman–Crippen MR) is 117 cm³/mol. The SMILES string of the molecule is CN=C(NCCCn1cccn1)NCC1(c2ccccc2Br)CC1.I. The third kappa shape index (κ3) is 5.44. The molecule has 1 aliphatic carbocycles. The molecule has 25 heavy (non-hydrogen) atoms. The number of aliphatic imine (C=N–C) groups is 1. The Labute approximate surface area is 174 Å². The van der Waals surface area contributed by atoms with Crippen molar-refractivity contribution >= 4 is 45.9 Å². The molecule has 0 amide bonds. The first-order chi connectivity index (χ1) is 11.7. The van der Waals surface area contributed by atoms with E-state index >= 15 is 0 Å². The minimum Gasteiger partial charge on any atom is -0.356 e. The van der Waals surface area contributed by atoms with E-state index in [9.17, 15) is 0 Å². The highest BCUT2D eigenvalue weighted by Crippen LogP contribution is 2.49. The highest BCUT2D eigenvalue weighted by atomic mass is 127. The number of nitrogens with one attached hydrogen (secondary N) is 2. The number of hydrogen-bond donors (Lipinski definition) is 2. The van der Waals surface area contributed by atoms with E-state index in [1.54, 1.807) is 0 Å². The number of guanidine groups is 1. The Morgan fingerprint density at radius 2 is 2.08 bits per heavy atom. The molecule has 0 saturated heterocycles. The molecule has 1 aromatic heterocycles. The van der Waals surface area contributed by atoms with Crippen molar-refractivity contribution in [1.29, 1.82) is 0 Å². The molecule has 1 heterocycles. The maximum Gasteiger partial charge on any atom is 0.191 e. The fourth-order valence-electron chi connectivity index (χ4n) is 2.94. The Morgan fingerprint density at radius 1 is 1.28 bits per heavy atom. The average molecular weight is 518 g/mol. The monoisotopic (exact) mass is 517 g/mol. The summed E-state index contributed by atoms with van der Waals surface area (Å²) in [4.78, 5) is 4.33. The van der Waals surface area contributed by atoms with Crippen LogP contribution < -0.4 is 10.6 Å². The summed E-state index contributed by atoms with van der Waals surface area (Å²) >= 11 is 3.68. The molecule has 1 aromatic carbocycles. The van der Waals surface area contributed by atoms with Crippen LogP contribution in [-0.2, 0) is 12.0 Å². The Kier molecular flexibility index (Phi) is 7.74. The van der Waals surface area contributed by atoms with E-state index in [0.717, 1.165) is 32.0 Å². The largest absolute Gasteiger partial charge is 0.356 e. The molecule has 7 heteroatoms. The van der Waals surface area contributed by atoms with Gasteiger partial charge in [0, 0.05) is 49.0 Å². The normalized spacial score (nSPS) is 15.4. The van der Waals surface area contributed by atoms with Gasteiger partial charge in [-0.2, -0.15) is 5.10 Å². The lowest BCUT2D eigenvalue weighted by molar-refractivity contribution is 0.567. The van der Waals surface area contributed by atoms with Crippen LogP contribution in [0.4, 0.5) is 0 Å². The zero-order chi connectivity index (χ0) is 16.8. The van der Waals surface area contributed by atoms with Gasteiger partial charge in [0.2, 0.25) is 0 Å². The van der Waals surface area contributed by atoms with Crippen LogP contribution in [0.25, 0.3) is 0 Å². The van der Waals surface area contributed by atoms with Gasteiger partial charge in [0.25, 0.3) is 0 Å². The first-order valence-corrected chi connectivity index (χ1v) is 9.20. The van der Waals surface area contributed by atoms with Gasteiger partial charge in [-0.1, -0.05) is 34.1 Å². The molecular weight excluding hydrogens is 493 g/mol. The number of halogens is 2. The van der Waals surface area contributed by atoms with Crippen molar-refractivity contribution in [3.63, 3.8) is 0 Å². The van der Waals surface area contributed by atoms with Gasteiger partial charge in [0.15, 0.2) is 5.96 Å². The van der Waals surface area contributed by atoms with E-state index in [1.807, 2.05) is 30.2 Å². The first kappa shape index (κ1) is 20.2. The quantitative estimate of drug-likeness (QED) is 0.255. The van der Waals surface area contributed by atoms with Crippen LogP contribution in [0, 0.1) is 0 Å². The van der Waals surface area contributed by atoms with Crippen molar-refractivity contribution in [2.24, 2.45) is 4.99 Å². The fourth-order valence-corrected chi connectivity index (χ4v) is 3.64. The molecule has 1 aliphatic rings. The summed E-state index contributed by atoms with van der Waals surface area (Å²) in [5.41, 5.74) is 1.64. The molecule has 3 rings (SSSR count). The molecule has 136 valence electrons. The molecule has 0 bridgehead atoms. The van der Waals surface area contributed by atoms with E-state index in [0.29, 0.717) is 0 Å². The second-order valence-electron chi connectivity index (χ2n) is 6.24. The van der Waals surface area contributed by atoms with Crippen molar-refractivity contribution in [3.8, 4) is 0 Å². The lowest BCUT2D eigenvalue weighted by atomic mass is 9.96. The van der Waals surface area contributed by atoms with Crippen molar-refractivity contribution < 1.29 is 0 Å². The van der Waals surface area contributed by atoms with Gasteiger partial charge in [0.1, 0.15) is 0 Å². The molecule has 0 spiro atoms. The number of hydrogen-bond acceptors (Lipinski definition) is 2. The highest BCUT2D eigenvalue weighted by Gasteiger charge is 2.45. The van der Waals surface area contributed by atoms with Gasteiger partial charge in [-0.25, -0.2) is 0 Å². The summed E-state index contributed by atoms with van der Waals surface area (Å²) in [6.07, 6.45) is 7.25. The van der Waals surface area contributed by atoms with Crippen molar-refractivity contribution in [2.75, 3.05) is 20.1 Å².